The molecule has 20 heavy (non-hydrogen) atoms. The van der Waals surface area contributed by atoms with Gasteiger partial charge in [-0.25, -0.2) is 13.1 Å². The van der Waals surface area contributed by atoms with Crippen molar-refractivity contribution in [3.63, 3.8) is 0 Å². The summed E-state index contributed by atoms with van der Waals surface area (Å²) in [6, 6.07) is 8.61. The van der Waals surface area contributed by atoms with Gasteiger partial charge in [-0.3, -0.25) is 4.79 Å². The first-order chi connectivity index (χ1) is 9.53. The van der Waals surface area contributed by atoms with Crippen LogP contribution >= 0.6 is 0 Å². The molecule has 3 N–H and O–H groups in total. The third-order valence-electron chi connectivity index (χ3n) is 2.44. The van der Waals surface area contributed by atoms with Crippen LogP contribution in [0.25, 0.3) is 0 Å². The summed E-state index contributed by atoms with van der Waals surface area (Å²) >= 11 is 0. The Morgan fingerprint density at radius 1 is 1.15 bits per heavy atom. The zero-order chi connectivity index (χ0) is 14.8. The quantitative estimate of drug-likeness (QED) is 0.466. The van der Waals surface area contributed by atoms with E-state index in [1.165, 1.54) is 0 Å². The van der Waals surface area contributed by atoms with Crippen LogP contribution in [0.1, 0.15) is 19.3 Å². The molecule has 1 aromatic rings. The predicted octanol–water partition coefficient (Wildman–Crippen LogP) is 0.920. The summed E-state index contributed by atoms with van der Waals surface area (Å²) in [5.41, 5.74) is 0.534. The molecule has 0 saturated heterocycles. The topological polar surface area (TPSA) is 95.5 Å². The summed E-state index contributed by atoms with van der Waals surface area (Å²) < 4.78 is 25.5. The average Bonchev–Trinajstić information content (AvgIpc) is 2.38. The second-order valence-electron chi connectivity index (χ2n) is 4.20. The number of anilines is 1. The molecule has 0 atom stereocenters. The predicted molar refractivity (Wildman–Crippen MR) is 79.1 cm³/mol. The van der Waals surface area contributed by atoms with Crippen molar-refractivity contribution in [2.45, 2.75) is 19.3 Å². The van der Waals surface area contributed by atoms with Gasteiger partial charge in [0.15, 0.2) is 15.7 Å². The summed E-state index contributed by atoms with van der Waals surface area (Å²) in [7, 11) is -3.74. The van der Waals surface area contributed by atoms with E-state index in [4.69, 9.17) is 5.11 Å². The Bertz CT molecular complexity index is 507. The minimum Gasteiger partial charge on any atom is -0.396 e. The van der Waals surface area contributed by atoms with Crippen LogP contribution in [0.2, 0.25) is 0 Å². The summed E-state index contributed by atoms with van der Waals surface area (Å²) in [5, 5.41) is 11.0. The zero-order valence-electron chi connectivity index (χ0n) is 11.1. The van der Waals surface area contributed by atoms with E-state index in [1.807, 2.05) is 0 Å². The second kappa shape index (κ2) is 8.73. The first-order valence-corrected chi connectivity index (χ1v) is 7.89. The van der Waals surface area contributed by atoms with Crippen molar-refractivity contribution in [2.75, 3.05) is 18.5 Å². The summed E-state index contributed by atoms with van der Waals surface area (Å²) in [6.45, 7) is 0.974. The molecule has 0 bridgehead atoms. The molecule has 0 fully saturated rings. The van der Waals surface area contributed by atoms with Gasteiger partial charge >= 0.3 is 6.56 Å². The van der Waals surface area contributed by atoms with Gasteiger partial charge in [0.05, 0.1) is 0 Å². The van der Waals surface area contributed by atoms with Crippen LogP contribution in [0.4, 0.5) is 10.5 Å². The Morgan fingerprint density at radius 2 is 1.85 bits per heavy atom. The smallest absolute Gasteiger partial charge is 0.396 e. The Labute approximate surface area is 119 Å². The Hall–Kier alpha value is -1.38. The van der Waals surface area contributed by atoms with E-state index >= 15 is 0 Å². The first-order valence-electron chi connectivity index (χ1n) is 6.35. The molecule has 8 heteroatoms. The summed E-state index contributed by atoms with van der Waals surface area (Å²) in [5.74, 6) is -0.695. The highest BCUT2D eigenvalue weighted by molar-refractivity contribution is 8.16. The van der Waals surface area contributed by atoms with E-state index in [-0.39, 0.29) is 13.2 Å². The minimum atomic E-state index is -3.74. The van der Waals surface area contributed by atoms with Gasteiger partial charge < -0.3 is 10.4 Å². The number of benzene rings is 1. The number of nitrogens with one attached hydrogen (secondary N) is 2. The van der Waals surface area contributed by atoms with Crippen molar-refractivity contribution in [3.8, 4) is 0 Å². The van der Waals surface area contributed by atoms with Crippen molar-refractivity contribution < 1.29 is 18.3 Å². The lowest BCUT2D eigenvalue weighted by Gasteiger charge is -2.06. The molecule has 109 valence electrons. The Kier molecular flexibility index (Phi) is 7.28. The molecule has 0 heterocycles. The van der Waals surface area contributed by atoms with Gasteiger partial charge in [0.25, 0.3) is 0 Å². The molecule has 1 aromatic carbocycles. The Morgan fingerprint density at radius 3 is 2.50 bits per heavy atom. The van der Waals surface area contributed by atoms with Crippen LogP contribution in [0.5, 0.6) is 0 Å². The average molecular weight is 297 g/mol. The van der Waals surface area contributed by atoms with E-state index in [0.717, 1.165) is 6.42 Å². The third kappa shape index (κ3) is 7.27. The highest BCUT2D eigenvalue weighted by atomic mass is 32.2. The molecular weight excluding hydrogens is 279 g/mol. The number of hydrogen-bond acceptors (Lipinski definition) is 4. The molecule has 0 aliphatic heterocycles. The van der Waals surface area contributed by atoms with E-state index in [2.05, 4.69) is 10.0 Å². The number of amides is 1. The van der Waals surface area contributed by atoms with Crippen LogP contribution in [-0.4, -0.2) is 39.0 Å². The number of carbonyl (C=O) groups is 1. The molecule has 0 aromatic heterocycles. The number of aliphatic hydroxyl groups excluding tert-OH is 1. The molecule has 1 amide bonds. The monoisotopic (exact) mass is 297 g/mol. The molecule has 1 rings (SSSR count). The van der Waals surface area contributed by atoms with Crippen LogP contribution in [0.3, 0.4) is 0 Å². The fraction of sp³-hybridized carbons (Fsp3) is 0.417. The van der Waals surface area contributed by atoms with Gasteiger partial charge in [0.1, 0.15) is 0 Å². The second-order valence-corrected chi connectivity index (χ2v) is 5.81. The molecular formula is C12H18BN2O4S. The largest absolute Gasteiger partial charge is 0.415 e. The SMILES string of the molecule is O=C([B]S(=O)(=O)NCCCCCO)Nc1ccccc1. The molecule has 0 spiro atoms. The molecule has 0 unspecified atom stereocenters. The number of aliphatic hydroxyl groups is 1. The maximum absolute atomic E-state index is 11.6. The minimum absolute atomic E-state index is 0.0956. The maximum atomic E-state index is 11.6. The standard InChI is InChI=1S/C12H18BN2O4S/c16-10-6-2-5-9-14-20(18,19)13-12(17)15-11-7-3-1-4-8-11/h1,3-4,7-8,14,16H,2,5-6,9-10H2,(H,15,17). The van der Waals surface area contributed by atoms with E-state index < -0.39 is 15.7 Å². The molecule has 1 radical (unpaired) electrons. The fourth-order valence-electron chi connectivity index (χ4n) is 1.50. The van der Waals surface area contributed by atoms with Crippen LogP contribution in [0.15, 0.2) is 30.3 Å². The van der Waals surface area contributed by atoms with Gasteiger partial charge in [-0.1, -0.05) is 18.2 Å². The number of hydrogen-bond donors (Lipinski definition) is 3. The van der Waals surface area contributed by atoms with Gasteiger partial charge in [0, 0.05) is 18.8 Å². The van der Waals surface area contributed by atoms with Gasteiger partial charge in [0.2, 0.25) is 0 Å². The van der Waals surface area contributed by atoms with E-state index in [0.29, 0.717) is 25.1 Å². The van der Waals surface area contributed by atoms with Gasteiger partial charge in [-0.15, -0.1) is 0 Å². The first kappa shape index (κ1) is 16.7. The number of para-hydroxylation sites is 1. The highest BCUT2D eigenvalue weighted by Crippen LogP contribution is 2.04. The Balaban J connectivity index is 2.32. The lowest BCUT2D eigenvalue weighted by atomic mass is 10.1. The third-order valence-corrected chi connectivity index (χ3v) is 3.57. The molecule has 0 aliphatic rings. The lowest BCUT2D eigenvalue weighted by Crippen LogP contribution is -2.35. The van der Waals surface area contributed by atoms with E-state index in [9.17, 15) is 13.2 Å². The van der Waals surface area contributed by atoms with Crippen LogP contribution in [0, 0.1) is 0 Å². The fourth-order valence-corrected chi connectivity index (χ4v) is 2.36. The van der Waals surface area contributed by atoms with Gasteiger partial charge in [-0.05, 0) is 31.4 Å². The zero-order valence-corrected chi connectivity index (χ0v) is 11.9. The van der Waals surface area contributed by atoms with Crippen LogP contribution in [-0.2, 0) is 9.87 Å². The molecule has 0 saturated carbocycles. The number of rotatable bonds is 9. The van der Waals surface area contributed by atoms with Crippen molar-refractivity contribution in [1.82, 2.24) is 4.72 Å². The summed E-state index contributed by atoms with van der Waals surface area (Å²) in [6.07, 6.45) is 1.99. The lowest BCUT2D eigenvalue weighted by molar-refractivity contribution is 0.268. The van der Waals surface area contributed by atoms with Gasteiger partial charge in [-0.2, -0.15) is 0 Å². The van der Waals surface area contributed by atoms with Crippen LogP contribution < -0.4 is 10.0 Å². The van der Waals surface area contributed by atoms with Crippen molar-refractivity contribution in [2.24, 2.45) is 0 Å². The molecule has 6 nitrogen and oxygen atoms in total. The molecule has 0 aliphatic carbocycles. The number of carbonyl (C=O) groups excluding carboxylic acids is 1. The van der Waals surface area contributed by atoms with Crippen molar-refractivity contribution in [1.29, 1.82) is 0 Å². The van der Waals surface area contributed by atoms with Crippen molar-refractivity contribution >= 4 is 27.9 Å². The summed E-state index contributed by atoms with van der Waals surface area (Å²) in [4.78, 5) is 11.5. The highest BCUT2D eigenvalue weighted by Gasteiger charge is 2.19. The van der Waals surface area contributed by atoms with E-state index in [1.54, 1.807) is 30.3 Å². The number of unbranched alkanes of at least 4 members (excludes halogenated alkanes) is 2. The normalized spacial score (nSPS) is 11.1. The maximum Gasteiger partial charge on any atom is 0.415 e. The van der Waals surface area contributed by atoms with Crippen molar-refractivity contribution in [3.05, 3.63) is 30.3 Å².